The Bertz CT molecular complexity index is 1730. The van der Waals surface area contributed by atoms with Gasteiger partial charge in [0.25, 0.3) is 5.56 Å². The second-order valence-corrected chi connectivity index (χ2v) is 13.5. The molecule has 2 aromatic carbocycles. The van der Waals surface area contributed by atoms with Gasteiger partial charge in [0.05, 0.1) is 17.6 Å². The summed E-state index contributed by atoms with van der Waals surface area (Å²) in [5, 5.41) is 29.1. The van der Waals surface area contributed by atoms with Crippen molar-refractivity contribution in [1.29, 1.82) is 5.41 Å². The summed E-state index contributed by atoms with van der Waals surface area (Å²) in [6, 6.07) is 10.6. The number of phenolic OH excluding ortho intramolecular Hbond substituents is 1. The highest BCUT2D eigenvalue weighted by Gasteiger charge is 2.19. The van der Waals surface area contributed by atoms with Crippen LogP contribution in [0.1, 0.15) is 45.7 Å². The predicted molar refractivity (Wildman–Crippen MR) is 183 cm³/mol. The summed E-state index contributed by atoms with van der Waals surface area (Å²) in [5.41, 5.74) is 0.476. The molecule has 48 heavy (non-hydrogen) atoms. The largest absolute Gasteiger partial charge is 0.508 e. The molecular weight excluding hydrogens is 642 g/mol. The van der Waals surface area contributed by atoms with Crippen LogP contribution in [0.25, 0.3) is 11.3 Å². The number of nitrogens with one attached hydrogen (secondary N) is 5. The number of aromatic hydroxyl groups is 1. The standard InChI is InChI=1S/C32H41N7O8S/c1-19(2)36-28-29(42)39(25(17-35-28)22-13-23(15-24(40)14-22)37-31(44)47-32(3,4)5)18-26(41)34-16-20-7-9-21(10-8-20)27(33)38-30(43)46-11-12-48(6)45/h7-10,13-15,17,19,40H,11-12,16,18H2,1-6H3,(H,34,41)(H,35,36)(H,37,44)(H2,33,38,43). The number of hydrogen-bond acceptors (Lipinski definition) is 11. The highest BCUT2D eigenvalue weighted by molar-refractivity contribution is 7.84. The van der Waals surface area contributed by atoms with Crippen LogP contribution < -0.4 is 26.8 Å². The lowest BCUT2D eigenvalue weighted by molar-refractivity contribution is -0.121. The molecule has 0 saturated heterocycles. The van der Waals surface area contributed by atoms with Gasteiger partial charge in [-0.05, 0) is 52.3 Å². The molecule has 0 aliphatic carbocycles. The van der Waals surface area contributed by atoms with E-state index in [1.807, 2.05) is 13.8 Å². The molecule has 1 unspecified atom stereocenters. The van der Waals surface area contributed by atoms with Crippen LogP contribution in [0, 0.1) is 5.41 Å². The second kappa shape index (κ2) is 16.5. The van der Waals surface area contributed by atoms with Crippen molar-refractivity contribution >= 4 is 46.2 Å². The van der Waals surface area contributed by atoms with Gasteiger partial charge in [-0.25, -0.2) is 14.6 Å². The first-order chi connectivity index (χ1) is 22.5. The normalized spacial score (nSPS) is 11.7. The molecule has 3 aromatic rings. The zero-order valence-corrected chi connectivity index (χ0v) is 28.4. The summed E-state index contributed by atoms with van der Waals surface area (Å²) < 4.78 is 22.5. The summed E-state index contributed by atoms with van der Waals surface area (Å²) >= 11 is 0. The summed E-state index contributed by atoms with van der Waals surface area (Å²) in [6.07, 6.45) is 1.32. The lowest BCUT2D eigenvalue weighted by Gasteiger charge is -2.20. The van der Waals surface area contributed by atoms with Crippen LogP contribution in [-0.4, -0.2) is 73.1 Å². The number of amides is 3. The number of anilines is 2. The molecule has 3 rings (SSSR count). The van der Waals surface area contributed by atoms with Crippen LogP contribution in [0.5, 0.6) is 5.75 Å². The highest BCUT2D eigenvalue weighted by Crippen LogP contribution is 2.28. The number of benzene rings is 2. The van der Waals surface area contributed by atoms with Crippen molar-refractivity contribution in [3.63, 3.8) is 0 Å². The van der Waals surface area contributed by atoms with Gasteiger partial charge in [-0.3, -0.25) is 34.4 Å². The van der Waals surface area contributed by atoms with Gasteiger partial charge in [0, 0.05) is 52.5 Å². The Morgan fingerprint density at radius 3 is 2.40 bits per heavy atom. The molecule has 258 valence electrons. The molecule has 15 nitrogen and oxygen atoms in total. The van der Waals surface area contributed by atoms with Gasteiger partial charge < -0.3 is 25.2 Å². The van der Waals surface area contributed by atoms with E-state index in [9.17, 15) is 28.5 Å². The van der Waals surface area contributed by atoms with Gasteiger partial charge in [-0.2, -0.15) is 0 Å². The van der Waals surface area contributed by atoms with Crippen LogP contribution >= 0.6 is 0 Å². The number of alkyl carbamates (subject to hydrolysis) is 1. The number of carbonyl (C=O) groups excluding carboxylic acids is 3. The fourth-order valence-corrected chi connectivity index (χ4v) is 4.47. The maximum Gasteiger partial charge on any atom is 0.412 e. The molecular formula is C32H41N7O8S. The van der Waals surface area contributed by atoms with Crippen molar-refractivity contribution < 1.29 is 33.2 Å². The quantitative estimate of drug-likeness (QED) is 0.121. The molecule has 0 fully saturated rings. The Balaban J connectivity index is 1.76. The molecule has 0 spiro atoms. The van der Waals surface area contributed by atoms with E-state index in [0.717, 1.165) is 0 Å². The number of ether oxygens (including phenoxy) is 2. The Morgan fingerprint density at radius 2 is 1.77 bits per heavy atom. The smallest absolute Gasteiger partial charge is 0.412 e. The van der Waals surface area contributed by atoms with Crippen LogP contribution in [-0.2, 0) is 38.2 Å². The van der Waals surface area contributed by atoms with Gasteiger partial charge in [0.2, 0.25) is 5.91 Å². The van der Waals surface area contributed by atoms with Crippen LogP contribution in [0.2, 0.25) is 0 Å². The number of carbonyl (C=O) groups is 3. The van der Waals surface area contributed by atoms with Gasteiger partial charge in [-0.1, -0.05) is 24.3 Å². The van der Waals surface area contributed by atoms with Crippen molar-refractivity contribution in [1.82, 2.24) is 20.2 Å². The summed E-state index contributed by atoms with van der Waals surface area (Å²) in [5.74, 6) is -0.673. The molecule has 0 radical (unpaired) electrons. The van der Waals surface area contributed by atoms with Gasteiger partial charge in [-0.15, -0.1) is 0 Å². The van der Waals surface area contributed by atoms with Gasteiger partial charge in [0.1, 0.15) is 30.3 Å². The second-order valence-electron chi connectivity index (χ2n) is 12.0. The minimum Gasteiger partial charge on any atom is -0.508 e. The Hall–Kier alpha value is -5.25. The maximum atomic E-state index is 13.5. The van der Waals surface area contributed by atoms with Crippen LogP contribution in [0.4, 0.5) is 21.1 Å². The summed E-state index contributed by atoms with van der Waals surface area (Å²) in [4.78, 5) is 55.1. The van der Waals surface area contributed by atoms with E-state index in [0.29, 0.717) is 16.7 Å². The lowest BCUT2D eigenvalue weighted by atomic mass is 10.1. The van der Waals surface area contributed by atoms with E-state index in [4.69, 9.17) is 14.9 Å². The van der Waals surface area contributed by atoms with Crippen LogP contribution in [0.15, 0.2) is 53.5 Å². The van der Waals surface area contributed by atoms with Crippen molar-refractivity contribution in [2.45, 2.75) is 59.4 Å². The van der Waals surface area contributed by atoms with E-state index in [1.54, 1.807) is 45.0 Å². The number of hydrogen-bond donors (Lipinski definition) is 6. The molecule has 3 amide bonds. The van der Waals surface area contributed by atoms with Crippen molar-refractivity contribution in [2.24, 2.45) is 0 Å². The molecule has 0 saturated carbocycles. The van der Waals surface area contributed by atoms with Crippen molar-refractivity contribution in [3.05, 3.63) is 70.1 Å². The zero-order valence-electron chi connectivity index (χ0n) is 27.6. The minimum absolute atomic E-state index is 0.0321. The van der Waals surface area contributed by atoms with E-state index >= 15 is 0 Å². The Labute approximate surface area is 280 Å². The van der Waals surface area contributed by atoms with E-state index < -0.39 is 46.6 Å². The Morgan fingerprint density at radius 1 is 1.08 bits per heavy atom. The van der Waals surface area contributed by atoms with Crippen molar-refractivity contribution in [3.8, 4) is 17.0 Å². The molecule has 0 aliphatic rings. The molecule has 1 aromatic heterocycles. The lowest BCUT2D eigenvalue weighted by Crippen LogP contribution is -2.35. The average molecular weight is 684 g/mol. The number of nitrogens with zero attached hydrogens (tertiary/aromatic N) is 2. The Kier molecular flexibility index (Phi) is 12.8. The zero-order chi connectivity index (χ0) is 35.6. The summed E-state index contributed by atoms with van der Waals surface area (Å²) in [7, 11) is -1.11. The average Bonchev–Trinajstić information content (AvgIpc) is 2.96. The fourth-order valence-electron chi connectivity index (χ4n) is 4.15. The SMILES string of the molecule is CC(C)Nc1ncc(-c2cc(O)cc(NC(=O)OC(C)(C)C)c2)n(CC(=O)NCc2ccc(C(=N)NC(=O)OCCS(C)=O)cc2)c1=O. The van der Waals surface area contributed by atoms with Gasteiger partial charge >= 0.3 is 12.2 Å². The fraction of sp³-hybridized carbons (Fsp3) is 0.375. The first-order valence-corrected chi connectivity index (χ1v) is 16.6. The first kappa shape index (κ1) is 37.2. The van der Waals surface area contributed by atoms with E-state index in [2.05, 4.69) is 26.3 Å². The molecule has 1 atom stereocenters. The highest BCUT2D eigenvalue weighted by atomic mass is 32.2. The predicted octanol–water partition coefficient (Wildman–Crippen LogP) is 3.53. The van der Waals surface area contributed by atoms with Crippen molar-refractivity contribution in [2.75, 3.05) is 29.2 Å². The third kappa shape index (κ3) is 11.8. The molecule has 0 bridgehead atoms. The van der Waals surface area contributed by atoms with Gasteiger partial charge in [0.15, 0.2) is 5.82 Å². The number of rotatable bonds is 12. The molecule has 0 aliphatic heterocycles. The van der Waals surface area contributed by atoms with E-state index in [1.165, 1.54) is 35.2 Å². The monoisotopic (exact) mass is 683 g/mol. The number of phenols is 1. The van der Waals surface area contributed by atoms with Crippen LogP contribution in [0.3, 0.4) is 0 Å². The maximum absolute atomic E-state index is 13.5. The topological polar surface area (TPSA) is 214 Å². The number of amidine groups is 1. The number of aromatic nitrogens is 2. The third-order valence-electron chi connectivity index (χ3n) is 6.20. The molecule has 16 heteroatoms. The third-order valence-corrected chi connectivity index (χ3v) is 6.95. The van der Waals surface area contributed by atoms with E-state index in [-0.39, 0.29) is 53.7 Å². The molecule has 1 heterocycles. The molecule has 6 N–H and O–H groups in total. The first-order valence-electron chi connectivity index (χ1n) is 14.9. The summed E-state index contributed by atoms with van der Waals surface area (Å²) in [6.45, 7) is 8.47. The minimum atomic E-state index is -1.11.